The van der Waals surface area contributed by atoms with Gasteiger partial charge in [0.2, 0.25) is 5.91 Å². The summed E-state index contributed by atoms with van der Waals surface area (Å²) in [6, 6.07) is 0. The van der Waals surface area contributed by atoms with Crippen LogP contribution in [0.25, 0.3) is 0 Å². The highest BCUT2D eigenvalue weighted by atomic mass is 16.4. The standard InChI is InChI=1S/C2H5NO2.C2H4O3/c3-2(5)1-4;3-1-2(4)5/h4H,1H2,(H2,3,5);3H,1H2,(H,4,5). The lowest BCUT2D eigenvalue weighted by atomic mass is 10.7. The third-order valence-corrected chi connectivity index (χ3v) is 0.291. The van der Waals surface area contributed by atoms with Crippen LogP contribution in [0.3, 0.4) is 0 Å². The predicted molar refractivity (Wildman–Crippen MR) is 31.0 cm³/mol. The van der Waals surface area contributed by atoms with Crippen LogP contribution in [-0.4, -0.2) is 40.4 Å². The normalized spacial score (nSPS) is 7.40. The second-order valence-corrected chi connectivity index (χ2v) is 1.18. The van der Waals surface area contributed by atoms with Gasteiger partial charge in [-0.15, -0.1) is 0 Å². The minimum absolute atomic E-state index is 0.556. The summed E-state index contributed by atoms with van der Waals surface area (Å²) in [6.45, 7) is -1.33. The van der Waals surface area contributed by atoms with Crippen molar-refractivity contribution >= 4 is 11.9 Å². The first kappa shape index (κ1) is 11.6. The van der Waals surface area contributed by atoms with Gasteiger partial charge in [-0.25, -0.2) is 4.79 Å². The summed E-state index contributed by atoms with van der Waals surface area (Å²) < 4.78 is 0. The Morgan fingerprint density at radius 2 is 1.40 bits per heavy atom. The van der Waals surface area contributed by atoms with Gasteiger partial charge in [0.1, 0.15) is 13.2 Å². The van der Waals surface area contributed by atoms with E-state index in [1.54, 1.807) is 0 Å². The summed E-state index contributed by atoms with van der Waals surface area (Å²) in [7, 11) is 0. The van der Waals surface area contributed by atoms with E-state index in [0.29, 0.717) is 0 Å². The molecule has 60 valence electrons. The lowest BCUT2D eigenvalue weighted by Crippen LogP contribution is -2.14. The molecule has 0 aromatic heterocycles. The quantitative estimate of drug-likeness (QED) is 0.348. The van der Waals surface area contributed by atoms with Gasteiger partial charge < -0.3 is 21.1 Å². The average Bonchev–Trinajstić information content (AvgIpc) is 1.89. The molecule has 0 rings (SSSR count). The van der Waals surface area contributed by atoms with Gasteiger partial charge in [0.05, 0.1) is 0 Å². The molecule has 0 radical (unpaired) electrons. The molecule has 0 atom stereocenters. The van der Waals surface area contributed by atoms with Crippen molar-refractivity contribution in [3.8, 4) is 0 Å². The molecular formula is C4H9NO5. The third kappa shape index (κ3) is 28.8. The van der Waals surface area contributed by atoms with Crippen molar-refractivity contribution in [2.75, 3.05) is 13.2 Å². The largest absolute Gasteiger partial charge is 0.480 e. The van der Waals surface area contributed by atoms with Gasteiger partial charge in [-0.2, -0.15) is 0 Å². The van der Waals surface area contributed by atoms with E-state index in [0.717, 1.165) is 0 Å². The number of aliphatic carboxylic acids is 1. The molecule has 0 aromatic carbocycles. The van der Waals surface area contributed by atoms with Crippen molar-refractivity contribution in [3.63, 3.8) is 0 Å². The van der Waals surface area contributed by atoms with Crippen LogP contribution in [0.4, 0.5) is 0 Å². The number of carbonyl (C=O) groups is 2. The number of hydrogen-bond acceptors (Lipinski definition) is 4. The molecule has 6 heteroatoms. The molecule has 0 unspecified atom stereocenters. The van der Waals surface area contributed by atoms with E-state index in [4.69, 9.17) is 20.1 Å². The molecule has 0 saturated carbocycles. The molecule has 5 N–H and O–H groups in total. The molecule has 0 aromatic rings. The minimum Gasteiger partial charge on any atom is -0.480 e. The van der Waals surface area contributed by atoms with Crippen LogP contribution in [0.2, 0.25) is 0 Å². The van der Waals surface area contributed by atoms with Gasteiger partial charge in [0.25, 0.3) is 0 Å². The molecule has 0 bridgehead atoms. The summed E-state index contributed by atoms with van der Waals surface area (Å²) in [5.74, 6) is -1.88. The van der Waals surface area contributed by atoms with E-state index in [1.807, 2.05) is 0 Å². The molecule has 10 heavy (non-hydrogen) atoms. The smallest absolute Gasteiger partial charge is 0.329 e. The van der Waals surface area contributed by atoms with Crippen molar-refractivity contribution < 1.29 is 24.9 Å². The van der Waals surface area contributed by atoms with Crippen molar-refractivity contribution in [3.05, 3.63) is 0 Å². The van der Waals surface area contributed by atoms with Crippen LogP contribution in [0.1, 0.15) is 0 Å². The number of nitrogens with two attached hydrogens (primary N) is 1. The zero-order valence-electron chi connectivity index (χ0n) is 5.15. The van der Waals surface area contributed by atoms with E-state index in [1.165, 1.54) is 0 Å². The van der Waals surface area contributed by atoms with E-state index >= 15 is 0 Å². The van der Waals surface area contributed by atoms with Crippen molar-refractivity contribution in [2.24, 2.45) is 5.73 Å². The Morgan fingerprint density at radius 3 is 1.40 bits per heavy atom. The number of primary amides is 1. The zero-order chi connectivity index (χ0) is 8.57. The number of hydrogen-bond donors (Lipinski definition) is 4. The van der Waals surface area contributed by atoms with Gasteiger partial charge in [-0.3, -0.25) is 4.79 Å². The molecule has 0 saturated heterocycles. The second-order valence-electron chi connectivity index (χ2n) is 1.18. The lowest BCUT2D eigenvalue weighted by molar-refractivity contribution is -0.140. The number of amides is 1. The van der Waals surface area contributed by atoms with E-state index in [-0.39, 0.29) is 0 Å². The minimum atomic E-state index is -1.19. The highest BCUT2D eigenvalue weighted by molar-refractivity contribution is 5.74. The summed E-state index contributed by atoms with van der Waals surface area (Å²) in [5, 5.41) is 22.7. The van der Waals surface area contributed by atoms with Gasteiger partial charge >= 0.3 is 5.97 Å². The molecular weight excluding hydrogens is 142 g/mol. The second kappa shape index (κ2) is 7.86. The van der Waals surface area contributed by atoms with Crippen LogP contribution >= 0.6 is 0 Å². The maximum atomic E-state index is 9.34. The number of carboxylic acids is 1. The van der Waals surface area contributed by atoms with Gasteiger partial charge in [-0.1, -0.05) is 0 Å². The van der Waals surface area contributed by atoms with E-state index in [9.17, 15) is 4.79 Å². The average molecular weight is 151 g/mol. The van der Waals surface area contributed by atoms with Gasteiger partial charge in [0, 0.05) is 0 Å². The topological polar surface area (TPSA) is 121 Å². The SMILES string of the molecule is NC(=O)CO.O=C(O)CO. The first-order chi connectivity index (χ1) is 4.54. The highest BCUT2D eigenvalue weighted by Crippen LogP contribution is 1.48. The van der Waals surface area contributed by atoms with Gasteiger partial charge in [-0.05, 0) is 0 Å². The van der Waals surface area contributed by atoms with Crippen molar-refractivity contribution in [1.29, 1.82) is 0 Å². The number of carbonyl (C=O) groups excluding carboxylic acids is 1. The maximum absolute atomic E-state index is 9.34. The molecule has 0 aliphatic rings. The zero-order valence-corrected chi connectivity index (χ0v) is 5.15. The Balaban J connectivity index is 0. The summed E-state index contributed by atoms with van der Waals surface area (Å²) >= 11 is 0. The van der Waals surface area contributed by atoms with Crippen molar-refractivity contribution in [1.82, 2.24) is 0 Å². The molecule has 1 amide bonds. The Morgan fingerprint density at radius 1 is 1.20 bits per heavy atom. The predicted octanol–water partition coefficient (Wildman–Crippen LogP) is -2.47. The third-order valence-electron chi connectivity index (χ3n) is 0.291. The molecule has 0 heterocycles. The van der Waals surface area contributed by atoms with Crippen molar-refractivity contribution in [2.45, 2.75) is 0 Å². The van der Waals surface area contributed by atoms with Crippen LogP contribution in [0, 0.1) is 0 Å². The highest BCUT2D eigenvalue weighted by Gasteiger charge is 1.82. The Hall–Kier alpha value is -1.14. The number of aliphatic hydroxyl groups excluding tert-OH is 2. The van der Waals surface area contributed by atoms with Crippen LogP contribution in [-0.2, 0) is 9.59 Å². The molecule has 0 fully saturated rings. The van der Waals surface area contributed by atoms with Crippen LogP contribution < -0.4 is 5.73 Å². The van der Waals surface area contributed by atoms with Crippen LogP contribution in [0.5, 0.6) is 0 Å². The molecule has 0 aliphatic heterocycles. The fourth-order valence-corrected chi connectivity index (χ4v) is 0. The Bertz CT molecular complexity index is 98.2. The first-order valence-electron chi connectivity index (χ1n) is 2.26. The lowest BCUT2D eigenvalue weighted by Gasteiger charge is -1.73. The maximum Gasteiger partial charge on any atom is 0.329 e. The number of rotatable bonds is 2. The number of aliphatic hydroxyl groups is 2. The van der Waals surface area contributed by atoms with E-state index in [2.05, 4.69) is 5.73 Å². The van der Waals surface area contributed by atoms with Crippen LogP contribution in [0.15, 0.2) is 0 Å². The Labute approximate surface area is 56.9 Å². The fourth-order valence-electron chi connectivity index (χ4n) is 0. The monoisotopic (exact) mass is 151 g/mol. The molecule has 0 spiro atoms. The summed E-state index contributed by atoms with van der Waals surface area (Å²) in [6.07, 6.45) is 0. The number of carboxylic acid groups (broad SMARTS) is 1. The van der Waals surface area contributed by atoms with Gasteiger partial charge in [0.15, 0.2) is 0 Å². The summed E-state index contributed by atoms with van der Waals surface area (Å²) in [4.78, 5) is 18.5. The first-order valence-corrected chi connectivity index (χ1v) is 2.26. The molecule has 0 aliphatic carbocycles. The fraction of sp³-hybridized carbons (Fsp3) is 0.500. The molecule has 6 nitrogen and oxygen atoms in total. The summed E-state index contributed by atoms with van der Waals surface area (Å²) in [5.41, 5.74) is 4.40. The Kier molecular flexibility index (Phi) is 9.14. The van der Waals surface area contributed by atoms with E-state index < -0.39 is 25.1 Å².